The summed E-state index contributed by atoms with van der Waals surface area (Å²) in [6, 6.07) is 2.16. The number of hydrogen-bond acceptors (Lipinski definition) is 5. The number of hydrogen-bond donors (Lipinski definition) is 4. The van der Waals surface area contributed by atoms with E-state index in [1.54, 1.807) is 12.3 Å². The van der Waals surface area contributed by atoms with Gasteiger partial charge in [0.15, 0.2) is 0 Å². The van der Waals surface area contributed by atoms with E-state index in [4.69, 9.17) is 10.8 Å². The Morgan fingerprint density at radius 3 is 2.78 bits per heavy atom. The van der Waals surface area contributed by atoms with Crippen molar-refractivity contribution in [3.05, 3.63) is 24.0 Å². The number of amides is 2. The molecule has 1 rings (SSSR count). The number of rotatable bonds is 6. The van der Waals surface area contributed by atoms with E-state index < -0.39 is 23.8 Å². The Morgan fingerprint density at radius 1 is 1.50 bits per heavy atom. The molecule has 0 radical (unpaired) electrons. The highest BCUT2D eigenvalue weighted by atomic mass is 32.2. The number of thioether (sulfide) groups is 1. The highest BCUT2D eigenvalue weighted by Gasteiger charge is 2.14. The van der Waals surface area contributed by atoms with Crippen LogP contribution in [0, 0.1) is 0 Å². The topological polar surface area (TPSA) is 125 Å². The van der Waals surface area contributed by atoms with Crippen LogP contribution in [0.1, 0.15) is 10.5 Å². The van der Waals surface area contributed by atoms with E-state index in [1.807, 2.05) is 0 Å². The average Bonchev–Trinajstić information content (AvgIpc) is 2.81. The van der Waals surface area contributed by atoms with Gasteiger partial charge in [0, 0.05) is 11.9 Å². The minimum absolute atomic E-state index is 0.0204. The van der Waals surface area contributed by atoms with Crippen LogP contribution >= 0.6 is 11.8 Å². The molecule has 18 heavy (non-hydrogen) atoms. The van der Waals surface area contributed by atoms with Gasteiger partial charge in [0.25, 0.3) is 5.91 Å². The van der Waals surface area contributed by atoms with Gasteiger partial charge in [0.05, 0.1) is 5.75 Å². The van der Waals surface area contributed by atoms with Crippen LogP contribution in [0.15, 0.2) is 18.3 Å². The Hall–Kier alpha value is -1.80. The van der Waals surface area contributed by atoms with Crippen LogP contribution < -0.4 is 11.1 Å². The Balaban J connectivity index is 2.26. The van der Waals surface area contributed by atoms with Crippen molar-refractivity contribution in [2.45, 2.75) is 6.04 Å². The summed E-state index contributed by atoms with van der Waals surface area (Å²) in [5.41, 5.74) is 5.54. The molecule has 0 fully saturated rings. The van der Waals surface area contributed by atoms with E-state index in [0.717, 1.165) is 11.8 Å². The van der Waals surface area contributed by atoms with Gasteiger partial charge < -0.3 is 15.8 Å². The zero-order valence-corrected chi connectivity index (χ0v) is 10.2. The van der Waals surface area contributed by atoms with Crippen LogP contribution in [0.2, 0.25) is 0 Å². The van der Waals surface area contributed by atoms with E-state index in [-0.39, 0.29) is 17.2 Å². The lowest BCUT2D eigenvalue weighted by atomic mass is 10.4. The number of carboxylic acids is 1. The van der Waals surface area contributed by atoms with Gasteiger partial charge in [-0.25, -0.2) is 0 Å². The maximum atomic E-state index is 11.4. The number of nitrogens with one attached hydrogen (secondary N) is 2. The first-order valence-electron chi connectivity index (χ1n) is 5.04. The number of imide groups is 1. The summed E-state index contributed by atoms with van der Waals surface area (Å²) in [4.78, 5) is 35.8. The fourth-order valence-electron chi connectivity index (χ4n) is 1.05. The minimum Gasteiger partial charge on any atom is -0.480 e. The molecule has 98 valence electrons. The Kier molecular flexibility index (Phi) is 5.40. The Morgan fingerprint density at radius 2 is 2.22 bits per heavy atom. The minimum atomic E-state index is -1.12. The lowest BCUT2D eigenvalue weighted by Crippen LogP contribution is -2.35. The SMILES string of the molecule is NC(CSCC(=O)NC(=O)c1ccc[nH]1)C(=O)O. The molecule has 1 atom stereocenters. The predicted octanol–water partition coefficient (Wildman–Crippen LogP) is -0.584. The Bertz CT molecular complexity index is 432. The van der Waals surface area contributed by atoms with Gasteiger partial charge in [0.2, 0.25) is 5.91 Å². The molecule has 0 aromatic carbocycles. The van der Waals surface area contributed by atoms with E-state index in [1.165, 1.54) is 6.07 Å². The van der Waals surface area contributed by atoms with Gasteiger partial charge in [0.1, 0.15) is 11.7 Å². The fraction of sp³-hybridized carbons (Fsp3) is 0.300. The second-order valence-corrected chi connectivity index (χ2v) is 4.45. The van der Waals surface area contributed by atoms with Gasteiger partial charge >= 0.3 is 5.97 Å². The second kappa shape index (κ2) is 6.82. The number of aromatic amines is 1. The van der Waals surface area contributed by atoms with Gasteiger partial charge in [-0.1, -0.05) is 0 Å². The molecule has 0 aliphatic rings. The predicted molar refractivity (Wildman–Crippen MR) is 66.2 cm³/mol. The molecule has 0 saturated heterocycles. The summed E-state index contributed by atoms with van der Waals surface area (Å²) in [5, 5.41) is 10.7. The molecule has 0 aliphatic heterocycles. The van der Waals surface area contributed by atoms with Crippen LogP contribution in [0.5, 0.6) is 0 Å². The third-order valence-corrected chi connectivity index (χ3v) is 3.00. The molecule has 2 amide bonds. The average molecular weight is 271 g/mol. The maximum Gasteiger partial charge on any atom is 0.321 e. The van der Waals surface area contributed by atoms with Crippen molar-refractivity contribution in [2.24, 2.45) is 5.73 Å². The summed E-state index contributed by atoms with van der Waals surface area (Å²) in [7, 11) is 0. The van der Waals surface area contributed by atoms with E-state index in [9.17, 15) is 14.4 Å². The number of carboxylic acid groups (broad SMARTS) is 1. The molecule has 1 unspecified atom stereocenters. The zero-order valence-electron chi connectivity index (χ0n) is 9.38. The molecule has 8 heteroatoms. The largest absolute Gasteiger partial charge is 0.480 e. The third-order valence-electron chi connectivity index (χ3n) is 1.94. The lowest BCUT2D eigenvalue weighted by molar-refractivity contribution is -0.138. The Labute approximate surface area is 107 Å². The number of carbonyl (C=O) groups is 3. The number of H-pyrrole nitrogens is 1. The molecule has 1 aromatic heterocycles. The maximum absolute atomic E-state index is 11.4. The first-order valence-corrected chi connectivity index (χ1v) is 6.20. The summed E-state index contributed by atoms with van der Waals surface area (Å²) >= 11 is 1.06. The van der Waals surface area contributed by atoms with Crippen molar-refractivity contribution in [2.75, 3.05) is 11.5 Å². The zero-order chi connectivity index (χ0) is 13.5. The molecule has 7 nitrogen and oxygen atoms in total. The number of aromatic nitrogens is 1. The normalized spacial score (nSPS) is 11.8. The molecule has 1 aromatic rings. The first kappa shape index (κ1) is 14.3. The number of carbonyl (C=O) groups excluding carboxylic acids is 2. The van der Waals surface area contributed by atoms with Crippen molar-refractivity contribution in [1.82, 2.24) is 10.3 Å². The molecular formula is C10H13N3O4S. The van der Waals surface area contributed by atoms with Crippen molar-refractivity contribution >= 4 is 29.5 Å². The molecular weight excluding hydrogens is 258 g/mol. The molecule has 0 aliphatic carbocycles. The van der Waals surface area contributed by atoms with E-state index in [2.05, 4.69) is 10.3 Å². The smallest absolute Gasteiger partial charge is 0.321 e. The highest BCUT2D eigenvalue weighted by Crippen LogP contribution is 2.02. The number of aliphatic carboxylic acids is 1. The van der Waals surface area contributed by atoms with Crippen molar-refractivity contribution in [3.63, 3.8) is 0 Å². The van der Waals surface area contributed by atoms with Gasteiger partial charge in [-0.3, -0.25) is 19.7 Å². The summed E-state index contributed by atoms with van der Waals surface area (Å²) < 4.78 is 0. The summed E-state index contributed by atoms with van der Waals surface area (Å²) in [6.07, 6.45) is 1.57. The van der Waals surface area contributed by atoms with Crippen LogP contribution in [0.4, 0.5) is 0 Å². The monoisotopic (exact) mass is 271 g/mol. The summed E-state index contributed by atoms with van der Waals surface area (Å²) in [6.45, 7) is 0. The van der Waals surface area contributed by atoms with Crippen LogP contribution in [-0.4, -0.2) is 45.4 Å². The van der Waals surface area contributed by atoms with E-state index in [0.29, 0.717) is 0 Å². The third kappa shape index (κ3) is 4.60. The van der Waals surface area contributed by atoms with Gasteiger partial charge in [-0.2, -0.15) is 0 Å². The highest BCUT2D eigenvalue weighted by molar-refractivity contribution is 8.00. The second-order valence-electron chi connectivity index (χ2n) is 3.42. The molecule has 0 saturated carbocycles. The molecule has 0 spiro atoms. The molecule has 0 bridgehead atoms. The van der Waals surface area contributed by atoms with Gasteiger partial charge in [-0.15, -0.1) is 11.8 Å². The molecule has 1 heterocycles. The quantitative estimate of drug-likeness (QED) is 0.548. The standard InChI is InChI=1S/C10H13N3O4S/c11-6(10(16)17)4-18-5-8(14)13-9(15)7-2-1-3-12-7/h1-3,6,12H,4-5,11H2,(H,16,17)(H,13,14,15). The fourth-order valence-corrected chi connectivity index (χ4v) is 1.82. The van der Waals surface area contributed by atoms with Crippen molar-refractivity contribution < 1.29 is 19.5 Å². The van der Waals surface area contributed by atoms with Crippen molar-refractivity contribution in [1.29, 1.82) is 0 Å². The first-order chi connectivity index (χ1) is 8.50. The van der Waals surface area contributed by atoms with Crippen LogP contribution in [0.3, 0.4) is 0 Å². The van der Waals surface area contributed by atoms with E-state index >= 15 is 0 Å². The van der Waals surface area contributed by atoms with Crippen molar-refractivity contribution in [3.8, 4) is 0 Å². The lowest BCUT2D eigenvalue weighted by Gasteiger charge is -2.05. The van der Waals surface area contributed by atoms with Crippen LogP contribution in [-0.2, 0) is 9.59 Å². The van der Waals surface area contributed by atoms with Gasteiger partial charge in [-0.05, 0) is 12.1 Å². The number of nitrogens with two attached hydrogens (primary N) is 1. The van der Waals surface area contributed by atoms with Crippen LogP contribution in [0.25, 0.3) is 0 Å². The summed E-state index contributed by atoms with van der Waals surface area (Å²) in [5.74, 6) is -2.04. The molecule has 5 N–H and O–H groups in total.